The highest BCUT2D eigenvalue weighted by atomic mass is 16.5. The molecule has 1 aromatic heterocycles. The molecular formula is C16H27N5O2. The van der Waals surface area contributed by atoms with Gasteiger partial charge in [0, 0.05) is 45.1 Å². The van der Waals surface area contributed by atoms with Crippen molar-refractivity contribution in [2.24, 2.45) is 5.92 Å². The first-order chi connectivity index (χ1) is 11.1. The Morgan fingerprint density at radius 2 is 1.96 bits per heavy atom. The van der Waals surface area contributed by atoms with E-state index in [1.807, 2.05) is 0 Å². The van der Waals surface area contributed by atoms with Crippen LogP contribution in [0.15, 0.2) is 12.4 Å². The fourth-order valence-electron chi connectivity index (χ4n) is 2.26. The van der Waals surface area contributed by atoms with Gasteiger partial charge in [0.05, 0.1) is 18.8 Å². The first-order valence-corrected chi connectivity index (χ1v) is 8.29. The Bertz CT molecular complexity index is 472. The number of morpholine rings is 1. The molecule has 0 aliphatic carbocycles. The van der Waals surface area contributed by atoms with Crippen LogP contribution in [-0.4, -0.2) is 66.7 Å². The molecule has 0 atom stereocenters. The minimum atomic E-state index is -0.120. The van der Waals surface area contributed by atoms with Crippen molar-refractivity contribution in [2.45, 2.75) is 20.3 Å². The molecule has 23 heavy (non-hydrogen) atoms. The molecule has 1 amide bonds. The standard InChI is InChI=1S/C16H27N5O2/c1-13(2)3-4-17-15(22)14-11-19-16(20-12-14)18-5-6-21-7-9-23-10-8-21/h11-13H,3-10H2,1-2H3,(H,17,22)(H,18,19,20). The predicted octanol–water partition coefficient (Wildman–Crippen LogP) is 0.997. The number of nitrogens with one attached hydrogen (secondary N) is 2. The molecule has 0 bridgehead atoms. The molecule has 7 nitrogen and oxygen atoms in total. The van der Waals surface area contributed by atoms with Crippen LogP contribution in [0.4, 0.5) is 5.95 Å². The largest absolute Gasteiger partial charge is 0.379 e. The van der Waals surface area contributed by atoms with Crippen molar-refractivity contribution in [3.8, 4) is 0 Å². The molecule has 2 rings (SSSR count). The molecule has 128 valence electrons. The van der Waals surface area contributed by atoms with Crippen LogP contribution in [-0.2, 0) is 4.74 Å². The molecule has 2 heterocycles. The van der Waals surface area contributed by atoms with Gasteiger partial charge in [0.2, 0.25) is 5.95 Å². The van der Waals surface area contributed by atoms with Gasteiger partial charge in [0.15, 0.2) is 0 Å². The predicted molar refractivity (Wildman–Crippen MR) is 89.6 cm³/mol. The van der Waals surface area contributed by atoms with E-state index in [4.69, 9.17) is 4.74 Å². The van der Waals surface area contributed by atoms with Crippen molar-refractivity contribution in [3.05, 3.63) is 18.0 Å². The second-order valence-electron chi connectivity index (χ2n) is 6.11. The van der Waals surface area contributed by atoms with Gasteiger partial charge in [-0.1, -0.05) is 13.8 Å². The van der Waals surface area contributed by atoms with Gasteiger partial charge < -0.3 is 15.4 Å². The maximum Gasteiger partial charge on any atom is 0.254 e. The summed E-state index contributed by atoms with van der Waals surface area (Å²) >= 11 is 0. The topological polar surface area (TPSA) is 79.4 Å². The first-order valence-electron chi connectivity index (χ1n) is 8.29. The third-order valence-electron chi connectivity index (χ3n) is 3.74. The molecule has 7 heteroatoms. The average Bonchev–Trinajstić information content (AvgIpc) is 2.56. The number of aromatic nitrogens is 2. The van der Waals surface area contributed by atoms with Gasteiger partial charge in [-0.25, -0.2) is 9.97 Å². The minimum Gasteiger partial charge on any atom is -0.379 e. The molecule has 2 N–H and O–H groups in total. The van der Waals surface area contributed by atoms with Crippen LogP contribution in [0.3, 0.4) is 0 Å². The summed E-state index contributed by atoms with van der Waals surface area (Å²) in [6.45, 7) is 10.2. The Hall–Kier alpha value is -1.73. The molecule has 1 saturated heterocycles. The maximum atomic E-state index is 11.9. The monoisotopic (exact) mass is 321 g/mol. The normalized spacial score (nSPS) is 15.6. The second-order valence-corrected chi connectivity index (χ2v) is 6.11. The van der Waals surface area contributed by atoms with Crippen LogP contribution in [0, 0.1) is 5.92 Å². The number of ether oxygens (including phenoxy) is 1. The smallest absolute Gasteiger partial charge is 0.254 e. The summed E-state index contributed by atoms with van der Waals surface area (Å²) in [7, 11) is 0. The summed E-state index contributed by atoms with van der Waals surface area (Å²) < 4.78 is 5.32. The fraction of sp³-hybridized carbons (Fsp3) is 0.688. The maximum absolute atomic E-state index is 11.9. The lowest BCUT2D eigenvalue weighted by molar-refractivity contribution is 0.0398. The Balaban J connectivity index is 1.70. The number of nitrogens with zero attached hydrogens (tertiary/aromatic N) is 3. The zero-order chi connectivity index (χ0) is 16.5. The highest BCUT2D eigenvalue weighted by Crippen LogP contribution is 2.02. The summed E-state index contributed by atoms with van der Waals surface area (Å²) in [5.74, 6) is 1.01. The van der Waals surface area contributed by atoms with Gasteiger partial charge in [-0.3, -0.25) is 9.69 Å². The van der Waals surface area contributed by atoms with Crippen LogP contribution >= 0.6 is 0 Å². The van der Waals surface area contributed by atoms with Crippen molar-refractivity contribution >= 4 is 11.9 Å². The highest BCUT2D eigenvalue weighted by molar-refractivity contribution is 5.93. The van der Waals surface area contributed by atoms with Gasteiger partial charge in [0.1, 0.15) is 0 Å². The number of anilines is 1. The van der Waals surface area contributed by atoms with E-state index in [9.17, 15) is 4.79 Å². The van der Waals surface area contributed by atoms with Crippen LogP contribution in [0.2, 0.25) is 0 Å². The molecule has 0 unspecified atom stereocenters. The van der Waals surface area contributed by atoms with Crippen LogP contribution in [0.1, 0.15) is 30.6 Å². The van der Waals surface area contributed by atoms with E-state index in [0.717, 1.165) is 45.8 Å². The molecule has 1 aliphatic rings. The summed E-state index contributed by atoms with van der Waals surface area (Å²) in [6.07, 6.45) is 4.09. The lowest BCUT2D eigenvalue weighted by Crippen LogP contribution is -2.39. The van der Waals surface area contributed by atoms with E-state index < -0.39 is 0 Å². The molecule has 1 aliphatic heterocycles. The third-order valence-corrected chi connectivity index (χ3v) is 3.74. The Labute approximate surface area is 137 Å². The van der Waals surface area contributed by atoms with Crippen LogP contribution in [0.5, 0.6) is 0 Å². The first kappa shape index (κ1) is 17.6. The zero-order valence-electron chi connectivity index (χ0n) is 14.0. The van der Waals surface area contributed by atoms with Gasteiger partial charge >= 0.3 is 0 Å². The van der Waals surface area contributed by atoms with Gasteiger partial charge in [-0.05, 0) is 12.3 Å². The Morgan fingerprint density at radius 1 is 1.26 bits per heavy atom. The number of hydrogen-bond donors (Lipinski definition) is 2. The van der Waals surface area contributed by atoms with Crippen molar-refractivity contribution in [1.29, 1.82) is 0 Å². The lowest BCUT2D eigenvalue weighted by Gasteiger charge is -2.26. The van der Waals surface area contributed by atoms with Gasteiger partial charge in [0.25, 0.3) is 5.91 Å². The molecule has 0 aromatic carbocycles. The number of hydrogen-bond acceptors (Lipinski definition) is 6. The van der Waals surface area contributed by atoms with E-state index in [2.05, 4.69) is 39.3 Å². The molecule has 0 spiro atoms. The van der Waals surface area contributed by atoms with E-state index in [1.54, 1.807) is 12.4 Å². The van der Waals surface area contributed by atoms with E-state index in [-0.39, 0.29) is 5.91 Å². The van der Waals surface area contributed by atoms with Crippen molar-refractivity contribution in [2.75, 3.05) is 51.3 Å². The third kappa shape index (κ3) is 6.50. The zero-order valence-corrected chi connectivity index (χ0v) is 14.0. The second kappa shape index (κ2) is 9.42. The summed E-state index contributed by atoms with van der Waals surface area (Å²) in [5, 5.41) is 6.06. The minimum absolute atomic E-state index is 0.120. The quantitative estimate of drug-likeness (QED) is 0.743. The van der Waals surface area contributed by atoms with E-state index in [0.29, 0.717) is 24.0 Å². The number of rotatable bonds is 8. The van der Waals surface area contributed by atoms with Gasteiger partial charge in [-0.2, -0.15) is 0 Å². The van der Waals surface area contributed by atoms with E-state index in [1.165, 1.54) is 0 Å². The van der Waals surface area contributed by atoms with Crippen molar-refractivity contribution in [3.63, 3.8) is 0 Å². The number of carbonyl (C=O) groups excluding carboxylic acids is 1. The highest BCUT2D eigenvalue weighted by Gasteiger charge is 2.10. The Morgan fingerprint density at radius 3 is 2.61 bits per heavy atom. The number of amides is 1. The molecule has 0 radical (unpaired) electrons. The van der Waals surface area contributed by atoms with Crippen LogP contribution < -0.4 is 10.6 Å². The lowest BCUT2D eigenvalue weighted by atomic mass is 10.1. The summed E-state index contributed by atoms with van der Waals surface area (Å²) in [5.41, 5.74) is 0.493. The SMILES string of the molecule is CC(C)CCNC(=O)c1cnc(NCCN2CCOCC2)nc1. The molecule has 1 fully saturated rings. The molecule has 1 aromatic rings. The molecule has 0 saturated carbocycles. The summed E-state index contributed by atoms with van der Waals surface area (Å²) in [4.78, 5) is 22.7. The van der Waals surface area contributed by atoms with Crippen molar-refractivity contribution < 1.29 is 9.53 Å². The average molecular weight is 321 g/mol. The van der Waals surface area contributed by atoms with Crippen LogP contribution in [0.25, 0.3) is 0 Å². The number of carbonyl (C=O) groups is 1. The van der Waals surface area contributed by atoms with E-state index >= 15 is 0 Å². The fourth-order valence-corrected chi connectivity index (χ4v) is 2.26. The Kier molecular flexibility index (Phi) is 7.22. The van der Waals surface area contributed by atoms with Gasteiger partial charge in [-0.15, -0.1) is 0 Å². The van der Waals surface area contributed by atoms with Crippen molar-refractivity contribution in [1.82, 2.24) is 20.2 Å². The molecular weight excluding hydrogens is 294 g/mol. The summed E-state index contributed by atoms with van der Waals surface area (Å²) in [6, 6.07) is 0.